The Morgan fingerprint density at radius 1 is 1.12 bits per heavy atom. The highest BCUT2D eigenvalue weighted by Gasteiger charge is 2.47. The van der Waals surface area contributed by atoms with E-state index in [0.29, 0.717) is 11.1 Å². The van der Waals surface area contributed by atoms with Gasteiger partial charge in [-0.15, -0.1) is 4.40 Å². The van der Waals surface area contributed by atoms with Gasteiger partial charge in [0.05, 0.1) is 0 Å². The fourth-order valence-electron chi connectivity index (χ4n) is 4.56. The first kappa shape index (κ1) is 25.4. The lowest BCUT2D eigenvalue weighted by atomic mass is 9.91. The summed E-state index contributed by atoms with van der Waals surface area (Å²) in [6, 6.07) is 14.0. The molecule has 0 amide bonds. The number of aliphatic hydroxyl groups is 1. The number of sulfonamides is 1. The van der Waals surface area contributed by atoms with E-state index < -0.39 is 32.6 Å². The second kappa shape index (κ2) is 10.8. The quantitative estimate of drug-likeness (QED) is 0.448. The van der Waals surface area contributed by atoms with Gasteiger partial charge in [-0.25, -0.2) is 12.8 Å². The van der Waals surface area contributed by atoms with E-state index in [2.05, 4.69) is 11.3 Å². The van der Waals surface area contributed by atoms with E-state index in [0.717, 1.165) is 19.3 Å². The maximum Gasteiger partial charge on any atom is 0.267 e. The van der Waals surface area contributed by atoms with Crippen molar-refractivity contribution in [2.24, 2.45) is 4.40 Å². The predicted molar refractivity (Wildman–Crippen MR) is 129 cm³/mol. The maximum atomic E-state index is 14.4. The molecule has 0 radical (unpaired) electrons. The van der Waals surface area contributed by atoms with Crippen molar-refractivity contribution < 1.29 is 22.7 Å². The van der Waals surface area contributed by atoms with Gasteiger partial charge in [0.25, 0.3) is 10.0 Å². The molecule has 0 aliphatic carbocycles. The molecule has 1 unspecified atom stereocenters. The van der Waals surface area contributed by atoms with E-state index in [1.54, 1.807) is 32.0 Å². The van der Waals surface area contributed by atoms with E-state index in [1.165, 1.54) is 18.1 Å². The Bertz CT molecular complexity index is 1060. The van der Waals surface area contributed by atoms with Gasteiger partial charge in [-0.3, -0.25) is 0 Å². The van der Waals surface area contributed by atoms with Crippen LogP contribution in [0.15, 0.2) is 52.9 Å². The molecule has 2 aromatic rings. The number of unbranched alkanes of at least 4 members (excludes halogenated alkanes) is 2. The minimum absolute atomic E-state index is 0.0501. The van der Waals surface area contributed by atoms with Crippen LogP contribution in [0.3, 0.4) is 0 Å². The zero-order valence-corrected chi connectivity index (χ0v) is 20.4. The summed E-state index contributed by atoms with van der Waals surface area (Å²) in [5, 5.41) is 8.54. The van der Waals surface area contributed by atoms with Gasteiger partial charge in [0.2, 0.25) is 5.90 Å². The molecule has 0 spiro atoms. The smallest absolute Gasteiger partial charge is 0.267 e. The van der Waals surface area contributed by atoms with Crippen molar-refractivity contribution in [3.63, 3.8) is 0 Å². The summed E-state index contributed by atoms with van der Waals surface area (Å²) in [5.41, 5.74) is 1.18. The first-order chi connectivity index (χ1) is 15.7. The molecule has 3 rings (SSSR count). The van der Waals surface area contributed by atoms with Gasteiger partial charge < -0.3 is 9.84 Å². The lowest BCUT2D eigenvalue weighted by molar-refractivity contribution is 0.0797. The summed E-state index contributed by atoms with van der Waals surface area (Å²) >= 11 is 0. The fraction of sp³-hybridized carbons (Fsp3) is 0.500. The normalized spacial score (nSPS) is 20.0. The highest BCUT2D eigenvalue weighted by Crippen LogP contribution is 2.42. The number of aliphatic hydroxyl groups excluding tert-OH is 1. The van der Waals surface area contributed by atoms with Crippen LogP contribution in [0.25, 0.3) is 0 Å². The molecule has 7 heteroatoms. The fourth-order valence-corrected chi connectivity index (χ4v) is 6.33. The van der Waals surface area contributed by atoms with E-state index in [1.807, 2.05) is 24.3 Å². The second-order valence-corrected chi connectivity index (χ2v) is 10.9. The molecule has 1 aliphatic rings. The molecule has 1 N–H and O–H groups in total. The largest absolute Gasteiger partial charge is 0.472 e. The summed E-state index contributed by atoms with van der Waals surface area (Å²) in [6.45, 7) is 5.48. The number of nitrogens with zero attached hydrogens (tertiary/aromatic N) is 1. The van der Waals surface area contributed by atoms with Gasteiger partial charge in [0, 0.05) is 13.0 Å². The Hall–Kier alpha value is -2.25. The standard InChI is InChI=1S/C26H34FNO4S/c1-4-5-6-9-19-12-14-20(15-13-19)25-26(2,3)32-24(28-33(25,30)31)18-21(16-17-29)22-10-7-8-11-23(22)27/h7-8,10-15,21,25,29H,4-6,9,16-18H2,1-3H3/t21-,25?/m1/s1. The first-order valence-corrected chi connectivity index (χ1v) is 13.1. The van der Waals surface area contributed by atoms with Crippen molar-refractivity contribution in [2.45, 2.75) is 76.1 Å². The third-order valence-electron chi connectivity index (χ3n) is 6.13. The number of ether oxygens (including phenoxy) is 1. The van der Waals surface area contributed by atoms with Crippen LogP contribution >= 0.6 is 0 Å². The van der Waals surface area contributed by atoms with Crippen molar-refractivity contribution in [1.29, 1.82) is 0 Å². The second-order valence-electron chi connectivity index (χ2n) is 9.22. The molecule has 0 aromatic heterocycles. The summed E-state index contributed by atoms with van der Waals surface area (Å²) in [4.78, 5) is 0. The van der Waals surface area contributed by atoms with Crippen LogP contribution < -0.4 is 0 Å². The number of hydrogen-bond donors (Lipinski definition) is 1. The maximum absolute atomic E-state index is 14.4. The van der Waals surface area contributed by atoms with Crippen LogP contribution in [0.1, 0.15) is 80.7 Å². The molecule has 33 heavy (non-hydrogen) atoms. The zero-order valence-electron chi connectivity index (χ0n) is 19.6. The average Bonchev–Trinajstić information content (AvgIpc) is 2.73. The molecule has 1 aliphatic heterocycles. The Labute approximate surface area is 196 Å². The van der Waals surface area contributed by atoms with Crippen molar-refractivity contribution in [2.75, 3.05) is 6.61 Å². The third-order valence-corrected chi connectivity index (χ3v) is 8.03. The molecule has 0 saturated heterocycles. The Morgan fingerprint density at radius 2 is 1.82 bits per heavy atom. The monoisotopic (exact) mass is 475 g/mol. The van der Waals surface area contributed by atoms with Crippen LogP contribution in [0, 0.1) is 5.82 Å². The van der Waals surface area contributed by atoms with Gasteiger partial charge in [-0.2, -0.15) is 0 Å². The van der Waals surface area contributed by atoms with Crippen LogP contribution in [-0.2, 0) is 21.2 Å². The SMILES string of the molecule is CCCCCc1ccc(C2C(C)(C)OC(C[C@@H](CCO)c3ccccc3F)=NS2(=O)=O)cc1. The van der Waals surface area contributed by atoms with Crippen LogP contribution in [0.5, 0.6) is 0 Å². The third kappa shape index (κ3) is 6.21. The zero-order chi connectivity index (χ0) is 24.1. The van der Waals surface area contributed by atoms with E-state index in [9.17, 15) is 17.9 Å². The topological polar surface area (TPSA) is 76.0 Å². The molecule has 0 saturated carbocycles. The minimum atomic E-state index is -3.91. The molecule has 2 atom stereocenters. The molecule has 0 fully saturated rings. The molecule has 5 nitrogen and oxygen atoms in total. The van der Waals surface area contributed by atoms with Crippen molar-refractivity contribution in [3.05, 3.63) is 71.0 Å². The van der Waals surface area contributed by atoms with Crippen molar-refractivity contribution in [3.8, 4) is 0 Å². The summed E-state index contributed by atoms with van der Waals surface area (Å²) < 4.78 is 50.9. The lowest BCUT2D eigenvalue weighted by Gasteiger charge is -2.38. The number of hydrogen-bond acceptors (Lipinski definition) is 4. The van der Waals surface area contributed by atoms with E-state index >= 15 is 0 Å². The molecular formula is C26H34FNO4S. The van der Waals surface area contributed by atoms with Gasteiger partial charge in [-0.1, -0.05) is 62.2 Å². The van der Waals surface area contributed by atoms with Gasteiger partial charge >= 0.3 is 0 Å². The van der Waals surface area contributed by atoms with Gasteiger partial charge in [0.15, 0.2) is 0 Å². The highest BCUT2D eigenvalue weighted by atomic mass is 32.2. The van der Waals surface area contributed by atoms with E-state index in [4.69, 9.17) is 4.74 Å². The van der Waals surface area contributed by atoms with Gasteiger partial charge in [0.1, 0.15) is 16.7 Å². The molecular weight excluding hydrogens is 441 g/mol. The molecule has 2 aromatic carbocycles. The van der Waals surface area contributed by atoms with Crippen molar-refractivity contribution >= 4 is 15.9 Å². The average molecular weight is 476 g/mol. The van der Waals surface area contributed by atoms with E-state index in [-0.39, 0.29) is 25.3 Å². The number of rotatable bonds is 10. The molecule has 1 heterocycles. The molecule has 180 valence electrons. The Balaban J connectivity index is 1.85. The minimum Gasteiger partial charge on any atom is -0.472 e. The number of halogens is 1. The Morgan fingerprint density at radius 3 is 2.42 bits per heavy atom. The Kier molecular flexibility index (Phi) is 8.29. The van der Waals surface area contributed by atoms with Crippen LogP contribution in [-0.4, -0.2) is 31.6 Å². The number of aryl methyl sites for hydroxylation is 1. The van der Waals surface area contributed by atoms with Gasteiger partial charge in [-0.05, 0) is 61.8 Å². The van der Waals surface area contributed by atoms with Crippen LogP contribution in [0.2, 0.25) is 0 Å². The first-order valence-electron chi connectivity index (χ1n) is 11.6. The summed E-state index contributed by atoms with van der Waals surface area (Å²) in [6.07, 6.45) is 4.76. The highest BCUT2D eigenvalue weighted by molar-refractivity contribution is 7.90. The summed E-state index contributed by atoms with van der Waals surface area (Å²) in [7, 11) is -3.91. The van der Waals surface area contributed by atoms with Crippen LogP contribution in [0.4, 0.5) is 4.39 Å². The lowest BCUT2D eigenvalue weighted by Crippen LogP contribution is -2.43. The summed E-state index contributed by atoms with van der Waals surface area (Å²) in [5.74, 6) is -0.791. The molecule has 0 bridgehead atoms. The predicted octanol–water partition coefficient (Wildman–Crippen LogP) is 5.69. The number of benzene rings is 2. The van der Waals surface area contributed by atoms with Crippen molar-refractivity contribution in [1.82, 2.24) is 0 Å².